The molecule has 1 aliphatic heterocycles. The topological polar surface area (TPSA) is 68.3 Å². The van der Waals surface area contributed by atoms with E-state index in [-0.39, 0.29) is 30.3 Å². The van der Waals surface area contributed by atoms with Gasteiger partial charge in [0.25, 0.3) is 0 Å². The molecule has 3 unspecified atom stereocenters. The molecule has 4 atom stereocenters. The van der Waals surface area contributed by atoms with Crippen LogP contribution in [-0.4, -0.2) is 55.6 Å². The van der Waals surface area contributed by atoms with Gasteiger partial charge in [0.1, 0.15) is 0 Å². The van der Waals surface area contributed by atoms with Gasteiger partial charge in [-0.25, -0.2) is 0 Å². The van der Waals surface area contributed by atoms with Gasteiger partial charge >= 0.3 is 0 Å². The van der Waals surface area contributed by atoms with E-state index in [0.29, 0.717) is 26.4 Å². The molecule has 3 aliphatic carbocycles. The second-order valence-electron chi connectivity index (χ2n) is 5.15. The van der Waals surface area contributed by atoms with Crippen molar-refractivity contribution in [2.75, 3.05) is 33.0 Å². The molecular formula is C13H17BrO5. The first-order chi connectivity index (χ1) is 9.19. The molecule has 1 saturated carbocycles. The Morgan fingerprint density at radius 3 is 2.95 bits per heavy atom. The van der Waals surface area contributed by atoms with Crippen molar-refractivity contribution in [2.45, 2.75) is 18.1 Å². The predicted molar refractivity (Wildman–Crippen MR) is 69.9 cm³/mol. The maximum atomic E-state index is 12.3. The normalized spacial score (nSPS) is 39.8. The summed E-state index contributed by atoms with van der Waals surface area (Å²) >= 11 is 3.54. The highest BCUT2D eigenvalue weighted by Gasteiger charge is 2.66. The first-order valence-electron chi connectivity index (χ1n) is 6.55. The molecule has 1 N–H and O–H groups in total. The Morgan fingerprint density at radius 2 is 2.26 bits per heavy atom. The molecule has 5 nitrogen and oxygen atoms in total. The molecule has 4 rings (SSSR count). The van der Waals surface area contributed by atoms with Gasteiger partial charge in [0.15, 0.2) is 11.4 Å². The van der Waals surface area contributed by atoms with E-state index in [4.69, 9.17) is 19.3 Å². The molecule has 2 bridgehead atoms. The fourth-order valence-electron chi connectivity index (χ4n) is 3.02. The van der Waals surface area contributed by atoms with Crippen LogP contribution >= 0.6 is 15.9 Å². The van der Waals surface area contributed by atoms with Crippen molar-refractivity contribution < 1.29 is 24.1 Å². The van der Waals surface area contributed by atoms with Gasteiger partial charge < -0.3 is 19.3 Å². The molecule has 1 spiro atoms. The van der Waals surface area contributed by atoms with Gasteiger partial charge in [-0.15, -0.1) is 0 Å². The van der Waals surface area contributed by atoms with Gasteiger partial charge in [-0.1, -0.05) is 22.0 Å². The summed E-state index contributed by atoms with van der Waals surface area (Å²) in [7, 11) is 0. The standard InChI is InChI=1S/C13H17BrO5/c14-10-5-8-11(18-4-3-17-2-1-15)6-9(10)13(7-19-13)12(8)16/h5,8-9,11,15H,1-4,6-7H2/t8?,9?,11?,13-/m0/s1. The van der Waals surface area contributed by atoms with Crippen LogP contribution in [0.5, 0.6) is 0 Å². The number of carbonyl (C=O) groups is 1. The maximum absolute atomic E-state index is 12.3. The molecule has 0 amide bonds. The Morgan fingerprint density at radius 1 is 1.47 bits per heavy atom. The lowest BCUT2D eigenvalue weighted by Crippen LogP contribution is -2.53. The maximum Gasteiger partial charge on any atom is 0.177 e. The minimum absolute atomic E-state index is 0.0160. The van der Waals surface area contributed by atoms with Gasteiger partial charge in [-0.2, -0.15) is 0 Å². The number of aliphatic hydroxyl groups is 1. The van der Waals surface area contributed by atoms with Gasteiger partial charge in [0.05, 0.1) is 45.1 Å². The lowest BCUT2D eigenvalue weighted by atomic mass is 9.66. The monoisotopic (exact) mass is 332 g/mol. The number of ether oxygens (including phenoxy) is 3. The van der Waals surface area contributed by atoms with E-state index in [1.54, 1.807) is 0 Å². The van der Waals surface area contributed by atoms with Crippen molar-refractivity contribution in [2.24, 2.45) is 11.8 Å². The molecule has 6 heteroatoms. The summed E-state index contributed by atoms with van der Waals surface area (Å²) in [5.41, 5.74) is -0.550. The Labute approximate surface area is 120 Å². The van der Waals surface area contributed by atoms with Crippen molar-refractivity contribution in [3.63, 3.8) is 0 Å². The number of carbonyl (C=O) groups excluding carboxylic acids is 1. The van der Waals surface area contributed by atoms with Crippen molar-refractivity contribution in [1.29, 1.82) is 0 Å². The highest BCUT2D eigenvalue weighted by molar-refractivity contribution is 9.11. The summed E-state index contributed by atoms with van der Waals surface area (Å²) < 4.78 is 17.4. The number of Topliss-reactive ketones (excluding diaryl/α,β-unsaturated/α-hetero) is 1. The summed E-state index contributed by atoms with van der Waals surface area (Å²) in [6, 6.07) is 0. The highest BCUT2D eigenvalue weighted by Crippen LogP contribution is 2.55. The SMILES string of the molecule is O=C1C2C=C(Br)C(CC2OCCOCCO)[C@@]12CO2. The van der Waals surface area contributed by atoms with Crippen LogP contribution in [0.1, 0.15) is 6.42 Å². The van der Waals surface area contributed by atoms with E-state index < -0.39 is 5.60 Å². The number of hydrogen-bond acceptors (Lipinski definition) is 5. The van der Waals surface area contributed by atoms with Crippen molar-refractivity contribution in [3.8, 4) is 0 Å². The number of fused-ring (bicyclic) bond motifs is 1. The molecular weight excluding hydrogens is 316 g/mol. The second kappa shape index (κ2) is 5.26. The van der Waals surface area contributed by atoms with Crippen LogP contribution in [0.3, 0.4) is 0 Å². The van der Waals surface area contributed by atoms with Crippen LogP contribution in [0.2, 0.25) is 0 Å². The summed E-state index contributed by atoms with van der Waals surface area (Å²) in [4.78, 5) is 12.3. The molecule has 19 heavy (non-hydrogen) atoms. The molecule has 0 radical (unpaired) electrons. The average Bonchev–Trinajstić information content (AvgIpc) is 3.18. The van der Waals surface area contributed by atoms with Crippen molar-refractivity contribution >= 4 is 21.7 Å². The quantitative estimate of drug-likeness (QED) is 0.571. The summed E-state index contributed by atoms with van der Waals surface area (Å²) in [6.07, 6.45) is 2.70. The van der Waals surface area contributed by atoms with Crippen LogP contribution in [-0.2, 0) is 19.0 Å². The Bertz CT molecular complexity index is 404. The predicted octanol–water partition coefficient (Wildman–Crippen LogP) is 0.647. The summed E-state index contributed by atoms with van der Waals surface area (Å²) in [5.74, 6) is 0.0568. The van der Waals surface area contributed by atoms with Gasteiger partial charge in [0.2, 0.25) is 0 Å². The zero-order valence-electron chi connectivity index (χ0n) is 10.5. The second-order valence-corrected chi connectivity index (χ2v) is 6.07. The van der Waals surface area contributed by atoms with E-state index in [1.165, 1.54) is 0 Å². The smallest absolute Gasteiger partial charge is 0.177 e. The molecule has 106 valence electrons. The van der Waals surface area contributed by atoms with E-state index in [9.17, 15) is 4.79 Å². The number of halogens is 1. The van der Waals surface area contributed by atoms with Crippen molar-refractivity contribution in [1.82, 2.24) is 0 Å². The Kier molecular flexibility index (Phi) is 3.79. The van der Waals surface area contributed by atoms with Gasteiger partial charge in [-0.3, -0.25) is 4.79 Å². The largest absolute Gasteiger partial charge is 0.394 e. The van der Waals surface area contributed by atoms with E-state index in [1.807, 2.05) is 6.08 Å². The van der Waals surface area contributed by atoms with Crippen LogP contribution in [0.4, 0.5) is 0 Å². The third-order valence-electron chi connectivity index (χ3n) is 4.07. The molecule has 2 fully saturated rings. The van der Waals surface area contributed by atoms with Gasteiger partial charge in [0, 0.05) is 5.92 Å². The molecule has 0 aromatic carbocycles. The molecule has 0 aromatic heterocycles. The lowest BCUT2D eigenvalue weighted by molar-refractivity contribution is -0.141. The third kappa shape index (κ3) is 2.29. The fraction of sp³-hybridized carbons (Fsp3) is 0.769. The first-order valence-corrected chi connectivity index (χ1v) is 7.34. The van der Waals surface area contributed by atoms with Crippen LogP contribution in [0.25, 0.3) is 0 Å². The number of ketones is 1. The van der Waals surface area contributed by atoms with Crippen molar-refractivity contribution in [3.05, 3.63) is 10.6 Å². The highest BCUT2D eigenvalue weighted by atomic mass is 79.9. The molecule has 1 heterocycles. The lowest BCUT2D eigenvalue weighted by Gasteiger charge is -2.42. The fourth-order valence-corrected chi connectivity index (χ4v) is 3.86. The summed E-state index contributed by atoms with van der Waals surface area (Å²) in [6.45, 7) is 1.77. The van der Waals surface area contributed by atoms with Crippen LogP contribution < -0.4 is 0 Å². The number of hydrogen-bond donors (Lipinski definition) is 1. The third-order valence-corrected chi connectivity index (χ3v) is 4.89. The van der Waals surface area contributed by atoms with E-state index >= 15 is 0 Å². The number of epoxide rings is 1. The Hall–Kier alpha value is -0.270. The zero-order chi connectivity index (χ0) is 13.5. The zero-order valence-corrected chi connectivity index (χ0v) is 12.1. The number of aliphatic hydroxyl groups excluding tert-OH is 1. The molecule has 1 saturated heterocycles. The number of rotatable bonds is 6. The van der Waals surface area contributed by atoms with E-state index in [0.717, 1.165) is 10.9 Å². The average molecular weight is 333 g/mol. The molecule has 4 aliphatic rings. The minimum Gasteiger partial charge on any atom is -0.394 e. The Balaban J connectivity index is 1.57. The first kappa shape index (κ1) is 13.7. The summed E-state index contributed by atoms with van der Waals surface area (Å²) in [5, 5.41) is 8.59. The van der Waals surface area contributed by atoms with Crippen LogP contribution in [0, 0.1) is 11.8 Å². The molecule has 0 aromatic rings. The van der Waals surface area contributed by atoms with E-state index in [2.05, 4.69) is 15.9 Å². The van der Waals surface area contributed by atoms with Gasteiger partial charge in [-0.05, 0) is 10.9 Å². The minimum atomic E-state index is -0.550. The van der Waals surface area contributed by atoms with Crippen LogP contribution in [0.15, 0.2) is 10.6 Å².